The number of aliphatic hydroxyl groups is 3. The molecule has 0 amide bonds. The van der Waals surface area contributed by atoms with Crippen LogP contribution < -0.4 is 4.74 Å². The second-order valence-electron chi connectivity index (χ2n) is 7.91. The van der Waals surface area contributed by atoms with Crippen LogP contribution in [-0.2, 0) is 4.74 Å². The third-order valence-corrected chi connectivity index (χ3v) is 5.49. The summed E-state index contributed by atoms with van der Waals surface area (Å²) in [7, 11) is 0. The van der Waals surface area contributed by atoms with Gasteiger partial charge in [-0.15, -0.1) is 0 Å². The predicted molar refractivity (Wildman–Crippen MR) is 119 cm³/mol. The van der Waals surface area contributed by atoms with Crippen LogP contribution >= 0.6 is 0 Å². The van der Waals surface area contributed by atoms with E-state index in [1.807, 2.05) is 0 Å². The van der Waals surface area contributed by atoms with Crippen LogP contribution in [-0.4, -0.2) is 56.9 Å². The molecule has 0 spiro atoms. The van der Waals surface area contributed by atoms with Crippen molar-refractivity contribution in [1.29, 1.82) is 0 Å². The van der Waals surface area contributed by atoms with Crippen molar-refractivity contribution in [2.24, 2.45) is 0 Å². The van der Waals surface area contributed by atoms with Gasteiger partial charge in [0.25, 0.3) is 0 Å². The molecule has 1 aromatic heterocycles. The number of hydrogen-bond acceptors (Lipinski definition) is 6. The number of halogens is 2. The van der Waals surface area contributed by atoms with Gasteiger partial charge in [-0.3, -0.25) is 0 Å². The average Bonchev–Trinajstić information content (AvgIpc) is 3.47. The SMILES string of the molecule is CC(O)c1nccn1C(C#Cc1ccc(-c2ccc(OC3COCC3O)cc2)c(F)c1F)CO. The molecular weight excluding hydrogens is 446 g/mol. The molecule has 4 atom stereocenters. The van der Waals surface area contributed by atoms with E-state index in [9.17, 15) is 24.1 Å². The first-order chi connectivity index (χ1) is 16.4. The molecule has 1 fully saturated rings. The van der Waals surface area contributed by atoms with Gasteiger partial charge in [0.15, 0.2) is 11.6 Å². The molecule has 1 aliphatic rings. The van der Waals surface area contributed by atoms with Crippen LogP contribution in [0.3, 0.4) is 0 Å². The molecule has 4 unspecified atom stereocenters. The Bertz CT molecular complexity index is 1200. The van der Waals surface area contributed by atoms with Crippen LogP contribution in [0, 0.1) is 23.5 Å². The topological polar surface area (TPSA) is 97.0 Å². The number of benzene rings is 2. The van der Waals surface area contributed by atoms with Crippen molar-refractivity contribution in [2.45, 2.75) is 31.3 Å². The van der Waals surface area contributed by atoms with Crippen molar-refractivity contribution < 1.29 is 33.6 Å². The van der Waals surface area contributed by atoms with E-state index >= 15 is 0 Å². The highest BCUT2D eigenvalue weighted by Gasteiger charge is 2.28. The Morgan fingerprint density at radius 3 is 2.59 bits per heavy atom. The number of hydrogen-bond donors (Lipinski definition) is 3. The minimum atomic E-state index is -1.10. The minimum absolute atomic E-state index is 0.0588. The van der Waals surface area contributed by atoms with Gasteiger partial charge in [0, 0.05) is 18.0 Å². The second-order valence-corrected chi connectivity index (χ2v) is 7.91. The minimum Gasteiger partial charge on any atom is -0.485 e. The van der Waals surface area contributed by atoms with E-state index in [2.05, 4.69) is 16.8 Å². The number of ether oxygens (including phenoxy) is 2. The van der Waals surface area contributed by atoms with Gasteiger partial charge >= 0.3 is 0 Å². The maximum atomic E-state index is 14.9. The Kier molecular flexibility index (Phi) is 7.24. The molecule has 2 heterocycles. The monoisotopic (exact) mass is 470 g/mol. The highest BCUT2D eigenvalue weighted by atomic mass is 19.2. The van der Waals surface area contributed by atoms with E-state index in [1.165, 1.54) is 29.8 Å². The van der Waals surface area contributed by atoms with Crippen molar-refractivity contribution in [3.05, 3.63) is 71.8 Å². The van der Waals surface area contributed by atoms with E-state index in [4.69, 9.17) is 9.47 Å². The molecule has 178 valence electrons. The Labute approximate surface area is 195 Å². The molecule has 4 rings (SSSR count). The quantitative estimate of drug-likeness (QED) is 0.480. The molecule has 3 N–H and O–H groups in total. The summed E-state index contributed by atoms with van der Waals surface area (Å²) in [5, 5.41) is 29.3. The molecule has 3 aromatic rings. The summed E-state index contributed by atoms with van der Waals surface area (Å²) in [4.78, 5) is 4.03. The molecular formula is C25H24F2N2O5. The molecule has 34 heavy (non-hydrogen) atoms. The van der Waals surface area contributed by atoms with Gasteiger partial charge < -0.3 is 29.4 Å². The second kappa shape index (κ2) is 10.3. The lowest BCUT2D eigenvalue weighted by molar-refractivity contribution is 0.0733. The van der Waals surface area contributed by atoms with Gasteiger partial charge in [0.2, 0.25) is 0 Å². The Morgan fingerprint density at radius 1 is 1.18 bits per heavy atom. The summed E-state index contributed by atoms with van der Waals surface area (Å²) < 4.78 is 41.9. The predicted octanol–water partition coefficient (Wildman–Crippen LogP) is 2.61. The first kappa shape index (κ1) is 23.9. The lowest BCUT2D eigenvalue weighted by Crippen LogP contribution is -2.29. The molecule has 0 bridgehead atoms. The van der Waals surface area contributed by atoms with Gasteiger partial charge in [-0.1, -0.05) is 24.0 Å². The first-order valence-corrected chi connectivity index (χ1v) is 10.7. The van der Waals surface area contributed by atoms with Gasteiger partial charge in [-0.2, -0.15) is 0 Å². The smallest absolute Gasteiger partial charge is 0.175 e. The fourth-order valence-corrected chi connectivity index (χ4v) is 3.67. The largest absolute Gasteiger partial charge is 0.485 e. The van der Waals surface area contributed by atoms with E-state index < -0.39 is 42.6 Å². The number of aromatic nitrogens is 2. The molecule has 0 radical (unpaired) electrons. The molecule has 0 aliphatic carbocycles. The molecule has 7 nitrogen and oxygen atoms in total. The molecule has 2 aromatic carbocycles. The van der Waals surface area contributed by atoms with E-state index in [0.29, 0.717) is 17.1 Å². The average molecular weight is 470 g/mol. The van der Waals surface area contributed by atoms with Crippen molar-refractivity contribution in [2.75, 3.05) is 19.8 Å². The zero-order chi connectivity index (χ0) is 24.2. The van der Waals surface area contributed by atoms with E-state index in [0.717, 1.165) is 0 Å². The Balaban J connectivity index is 1.54. The number of imidazole rings is 1. The first-order valence-electron chi connectivity index (χ1n) is 10.7. The number of aliphatic hydroxyl groups excluding tert-OH is 3. The number of nitrogens with zero attached hydrogens (tertiary/aromatic N) is 2. The zero-order valence-corrected chi connectivity index (χ0v) is 18.4. The maximum absolute atomic E-state index is 14.9. The van der Waals surface area contributed by atoms with Crippen LogP contribution in [0.4, 0.5) is 8.78 Å². The van der Waals surface area contributed by atoms with Gasteiger partial charge in [0.05, 0.1) is 25.4 Å². The normalized spacial score (nSPS) is 19.4. The fraction of sp³-hybridized carbons (Fsp3) is 0.320. The molecule has 1 aliphatic heterocycles. The maximum Gasteiger partial charge on any atom is 0.175 e. The van der Waals surface area contributed by atoms with Crippen molar-refractivity contribution in [3.8, 4) is 28.7 Å². The standard InChI is InChI=1S/C25H24F2N2O5/c1-15(31)25-28-10-11-29(25)18(12-30)6-2-17-5-9-20(24(27)23(17)26)16-3-7-19(8-4-16)34-22-14-33-13-21(22)32/h3-5,7-11,15,18,21-22,30-32H,12-14H2,1H3. The summed E-state index contributed by atoms with van der Waals surface area (Å²) in [6, 6.07) is 8.43. The summed E-state index contributed by atoms with van der Waals surface area (Å²) in [5.74, 6) is 3.93. The Morgan fingerprint density at radius 2 is 1.94 bits per heavy atom. The zero-order valence-electron chi connectivity index (χ0n) is 18.4. The van der Waals surface area contributed by atoms with Crippen LogP contribution in [0.25, 0.3) is 11.1 Å². The van der Waals surface area contributed by atoms with Gasteiger partial charge in [-0.05, 0) is 36.8 Å². The van der Waals surface area contributed by atoms with Gasteiger partial charge in [0.1, 0.15) is 35.9 Å². The highest BCUT2D eigenvalue weighted by Crippen LogP contribution is 2.28. The highest BCUT2D eigenvalue weighted by molar-refractivity contribution is 5.66. The lowest BCUT2D eigenvalue weighted by atomic mass is 10.0. The molecule has 0 saturated carbocycles. The van der Waals surface area contributed by atoms with Crippen molar-refractivity contribution in [3.63, 3.8) is 0 Å². The van der Waals surface area contributed by atoms with Crippen LogP contribution in [0.1, 0.15) is 30.5 Å². The van der Waals surface area contributed by atoms with Crippen molar-refractivity contribution >= 4 is 0 Å². The van der Waals surface area contributed by atoms with E-state index in [1.54, 1.807) is 30.5 Å². The van der Waals surface area contributed by atoms with Crippen LogP contribution in [0.2, 0.25) is 0 Å². The summed E-state index contributed by atoms with van der Waals surface area (Å²) in [6.45, 7) is 1.62. The number of rotatable bonds is 6. The summed E-state index contributed by atoms with van der Waals surface area (Å²) >= 11 is 0. The summed E-state index contributed by atoms with van der Waals surface area (Å²) in [5.41, 5.74) is 0.344. The van der Waals surface area contributed by atoms with Crippen molar-refractivity contribution in [1.82, 2.24) is 9.55 Å². The molecule has 1 saturated heterocycles. The fourth-order valence-electron chi connectivity index (χ4n) is 3.67. The van der Waals surface area contributed by atoms with Gasteiger partial charge in [-0.25, -0.2) is 13.8 Å². The summed E-state index contributed by atoms with van der Waals surface area (Å²) in [6.07, 6.45) is 0.942. The Hall–Kier alpha value is -3.29. The third kappa shape index (κ3) is 4.95. The van der Waals surface area contributed by atoms with Crippen LogP contribution in [0.15, 0.2) is 48.8 Å². The van der Waals surface area contributed by atoms with E-state index in [-0.39, 0.29) is 24.3 Å². The van der Waals surface area contributed by atoms with Crippen LogP contribution in [0.5, 0.6) is 5.75 Å². The third-order valence-electron chi connectivity index (χ3n) is 5.49. The molecule has 9 heteroatoms. The lowest BCUT2D eigenvalue weighted by Gasteiger charge is -2.15.